The molecule has 0 aliphatic carbocycles. The van der Waals surface area contributed by atoms with Gasteiger partial charge in [0.15, 0.2) is 5.82 Å². The van der Waals surface area contributed by atoms with E-state index in [1.807, 2.05) is 0 Å². The first-order valence-corrected chi connectivity index (χ1v) is 10.3. The van der Waals surface area contributed by atoms with Crippen LogP contribution >= 0.6 is 27.3 Å². The average Bonchev–Trinajstić information content (AvgIpc) is 3.16. The van der Waals surface area contributed by atoms with E-state index in [0.717, 1.165) is 3.79 Å². The number of aromatic nitrogens is 2. The van der Waals surface area contributed by atoms with E-state index < -0.39 is 15.9 Å². The molecule has 1 amide bonds. The smallest absolute Gasteiger partial charge is 0.260 e. The van der Waals surface area contributed by atoms with Gasteiger partial charge in [-0.15, -0.1) is 11.3 Å². The summed E-state index contributed by atoms with van der Waals surface area (Å²) in [6.07, 6.45) is 4.71. The highest BCUT2D eigenvalue weighted by molar-refractivity contribution is 9.11. The summed E-state index contributed by atoms with van der Waals surface area (Å²) in [5, 5.41) is 3.84. The largest absolute Gasteiger partial charge is 0.339 e. The lowest BCUT2D eigenvalue weighted by atomic mass is 10.0. The molecule has 0 aromatic carbocycles. The Labute approximate surface area is 155 Å². The number of allylic oxidation sites excluding steroid dienone is 1. The standard InChI is InChI=1S/C14H11BrN4O4S2/c15-10-3-4-11(24-10)25(21,22)19-6-8(7-19)14-17-12(18-23-14)9-2-1-5-16-13(9)20/h1-5,8-9H,6-7H2. The van der Waals surface area contributed by atoms with Gasteiger partial charge in [0.25, 0.3) is 15.9 Å². The van der Waals surface area contributed by atoms with Gasteiger partial charge in [-0.1, -0.05) is 11.2 Å². The number of carbonyl (C=O) groups excluding carboxylic acids is 1. The van der Waals surface area contributed by atoms with Gasteiger partial charge in [0.05, 0.1) is 9.70 Å². The van der Waals surface area contributed by atoms with Crippen molar-refractivity contribution in [2.24, 2.45) is 4.99 Å². The first-order chi connectivity index (χ1) is 11.9. The second kappa shape index (κ2) is 6.24. The Morgan fingerprint density at radius 3 is 2.80 bits per heavy atom. The minimum Gasteiger partial charge on any atom is -0.339 e. The topological polar surface area (TPSA) is 106 Å². The van der Waals surface area contributed by atoms with E-state index in [4.69, 9.17) is 4.52 Å². The summed E-state index contributed by atoms with van der Waals surface area (Å²) in [5.41, 5.74) is 0. The van der Waals surface area contributed by atoms with Crippen LogP contribution in [0.2, 0.25) is 0 Å². The normalized spacial score (nSPS) is 21.6. The van der Waals surface area contributed by atoms with E-state index in [1.54, 1.807) is 24.3 Å². The van der Waals surface area contributed by atoms with E-state index in [2.05, 4.69) is 31.1 Å². The highest BCUT2D eigenvalue weighted by Crippen LogP contribution is 2.35. The summed E-state index contributed by atoms with van der Waals surface area (Å²) in [4.78, 5) is 19.7. The van der Waals surface area contributed by atoms with Crippen LogP contribution in [0.15, 0.2) is 41.8 Å². The van der Waals surface area contributed by atoms with Gasteiger partial charge in [0.2, 0.25) is 5.89 Å². The monoisotopic (exact) mass is 442 g/mol. The van der Waals surface area contributed by atoms with Crippen LogP contribution in [0.4, 0.5) is 0 Å². The van der Waals surface area contributed by atoms with Crippen molar-refractivity contribution in [3.05, 3.63) is 39.8 Å². The first kappa shape index (κ1) is 16.8. The Kier molecular flexibility index (Phi) is 4.18. The molecule has 130 valence electrons. The third-order valence-corrected chi connectivity index (χ3v) is 7.86. The molecule has 4 rings (SSSR count). The number of carbonyl (C=O) groups is 1. The zero-order valence-electron chi connectivity index (χ0n) is 12.6. The number of halogens is 1. The Bertz CT molecular complexity index is 988. The molecule has 1 unspecified atom stereocenters. The molecular formula is C14H11BrN4O4S2. The van der Waals surface area contributed by atoms with Gasteiger partial charge in [-0.05, 0) is 34.1 Å². The summed E-state index contributed by atoms with van der Waals surface area (Å²) in [6, 6.07) is 3.28. The van der Waals surface area contributed by atoms with Crippen molar-refractivity contribution in [3.8, 4) is 0 Å². The van der Waals surface area contributed by atoms with Crippen molar-refractivity contribution in [3.63, 3.8) is 0 Å². The van der Waals surface area contributed by atoms with Crippen LogP contribution in [0.1, 0.15) is 23.6 Å². The van der Waals surface area contributed by atoms with Crippen LogP contribution in [-0.4, -0.2) is 48.1 Å². The third kappa shape index (κ3) is 3.01. The van der Waals surface area contributed by atoms with Crippen LogP contribution < -0.4 is 0 Å². The number of dihydropyridines is 1. The molecule has 1 fully saturated rings. The highest BCUT2D eigenvalue weighted by atomic mass is 79.9. The maximum Gasteiger partial charge on any atom is 0.260 e. The molecule has 0 radical (unpaired) electrons. The molecule has 2 aromatic heterocycles. The number of sulfonamides is 1. The fourth-order valence-corrected chi connectivity index (χ4v) is 6.22. The fraction of sp³-hybridized carbons (Fsp3) is 0.286. The average molecular weight is 443 g/mol. The number of hydrogen-bond donors (Lipinski definition) is 0. The van der Waals surface area contributed by atoms with E-state index >= 15 is 0 Å². The van der Waals surface area contributed by atoms with Gasteiger partial charge in [0, 0.05) is 19.3 Å². The third-order valence-electron chi connectivity index (χ3n) is 3.93. The Morgan fingerprint density at radius 2 is 2.12 bits per heavy atom. The maximum atomic E-state index is 12.5. The number of nitrogens with zero attached hydrogens (tertiary/aromatic N) is 4. The Hall–Kier alpha value is -1.69. The fourth-order valence-electron chi connectivity index (χ4n) is 2.53. The SMILES string of the molecule is O=C1N=CC=CC1c1noc(C2CN(S(=O)(=O)c3ccc(Br)s3)C2)n1. The Balaban J connectivity index is 1.45. The van der Waals surface area contributed by atoms with Crippen LogP contribution in [0.3, 0.4) is 0 Å². The van der Waals surface area contributed by atoms with Gasteiger partial charge in [0.1, 0.15) is 10.1 Å². The number of thiophene rings is 1. The van der Waals surface area contributed by atoms with Crippen LogP contribution in [-0.2, 0) is 14.8 Å². The van der Waals surface area contributed by atoms with Gasteiger partial charge >= 0.3 is 0 Å². The first-order valence-electron chi connectivity index (χ1n) is 7.29. The molecule has 2 aromatic rings. The minimum absolute atomic E-state index is 0.175. The Morgan fingerprint density at radius 1 is 1.32 bits per heavy atom. The molecule has 1 saturated heterocycles. The van der Waals surface area contributed by atoms with Crippen LogP contribution in [0, 0.1) is 0 Å². The molecule has 2 aliphatic rings. The summed E-state index contributed by atoms with van der Waals surface area (Å²) in [7, 11) is -3.50. The van der Waals surface area contributed by atoms with Crippen molar-refractivity contribution in [2.75, 3.05) is 13.1 Å². The number of amides is 1. The second-order valence-corrected chi connectivity index (χ2v) is 10.2. The van der Waals surface area contributed by atoms with E-state index in [0.29, 0.717) is 10.1 Å². The summed E-state index contributed by atoms with van der Waals surface area (Å²) >= 11 is 4.44. The molecule has 25 heavy (non-hydrogen) atoms. The van der Waals surface area contributed by atoms with Crippen LogP contribution in [0.5, 0.6) is 0 Å². The van der Waals surface area contributed by atoms with Gasteiger partial charge in [-0.2, -0.15) is 9.29 Å². The van der Waals surface area contributed by atoms with Crippen molar-refractivity contribution < 1.29 is 17.7 Å². The van der Waals surface area contributed by atoms with Crippen molar-refractivity contribution in [1.82, 2.24) is 14.4 Å². The van der Waals surface area contributed by atoms with Gasteiger partial charge < -0.3 is 4.52 Å². The maximum absolute atomic E-state index is 12.5. The number of aliphatic imine (C=N–C) groups is 1. The van der Waals surface area contributed by atoms with E-state index in [1.165, 1.54) is 21.9 Å². The molecule has 0 bridgehead atoms. The molecule has 1 atom stereocenters. The van der Waals surface area contributed by atoms with E-state index in [-0.39, 0.29) is 30.7 Å². The van der Waals surface area contributed by atoms with E-state index in [9.17, 15) is 13.2 Å². The predicted octanol–water partition coefficient (Wildman–Crippen LogP) is 1.93. The van der Waals surface area contributed by atoms with Crippen molar-refractivity contribution in [2.45, 2.75) is 16.0 Å². The molecule has 0 saturated carbocycles. The second-order valence-electron chi connectivity index (χ2n) is 5.55. The molecule has 2 aliphatic heterocycles. The summed E-state index contributed by atoms with van der Waals surface area (Å²) in [6.45, 7) is 0.540. The van der Waals surface area contributed by atoms with Gasteiger partial charge in [-0.25, -0.2) is 13.4 Å². The summed E-state index contributed by atoms with van der Waals surface area (Å²) < 4.78 is 32.6. The van der Waals surface area contributed by atoms with Crippen molar-refractivity contribution >= 4 is 49.4 Å². The zero-order valence-corrected chi connectivity index (χ0v) is 15.8. The lowest BCUT2D eigenvalue weighted by Gasteiger charge is -2.35. The van der Waals surface area contributed by atoms with Gasteiger partial charge in [-0.3, -0.25) is 4.79 Å². The minimum atomic E-state index is -3.50. The quantitative estimate of drug-likeness (QED) is 0.715. The lowest BCUT2D eigenvalue weighted by Crippen LogP contribution is -2.48. The summed E-state index contributed by atoms with van der Waals surface area (Å²) in [5.74, 6) is -0.589. The number of rotatable bonds is 4. The zero-order chi connectivity index (χ0) is 17.6. The lowest BCUT2D eigenvalue weighted by molar-refractivity contribution is -0.118. The molecule has 11 heteroatoms. The van der Waals surface area contributed by atoms with Crippen molar-refractivity contribution in [1.29, 1.82) is 0 Å². The molecular weight excluding hydrogens is 432 g/mol. The molecule has 0 N–H and O–H groups in total. The molecule has 0 spiro atoms. The number of hydrogen-bond acceptors (Lipinski definition) is 7. The highest BCUT2D eigenvalue weighted by Gasteiger charge is 2.41. The predicted molar refractivity (Wildman–Crippen MR) is 93.2 cm³/mol. The van der Waals surface area contributed by atoms with Crippen LogP contribution in [0.25, 0.3) is 0 Å². The molecule has 8 nitrogen and oxygen atoms in total. The molecule has 4 heterocycles.